The van der Waals surface area contributed by atoms with E-state index >= 15 is 0 Å². The van der Waals surface area contributed by atoms with Gasteiger partial charge in [-0.15, -0.1) is 12.4 Å². The third-order valence-electron chi connectivity index (χ3n) is 3.81. The molecule has 21 heavy (non-hydrogen) atoms. The number of hydrogen-bond acceptors (Lipinski definition) is 3. The van der Waals surface area contributed by atoms with Gasteiger partial charge in [0.05, 0.1) is 6.04 Å². The van der Waals surface area contributed by atoms with Gasteiger partial charge >= 0.3 is 0 Å². The van der Waals surface area contributed by atoms with Gasteiger partial charge in [-0.3, -0.25) is 9.48 Å². The molecule has 2 heterocycles. The van der Waals surface area contributed by atoms with Crippen molar-refractivity contribution < 1.29 is 4.79 Å². The fraction of sp³-hybridized carbons (Fsp3) is 0.733. The third-order valence-corrected chi connectivity index (χ3v) is 3.81. The Morgan fingerprint density at radius 3 is 2.95 bits per heavy atom. The Kier molecular flexibility index (Phi) is 6.68. The van der Waals surface area contributed by atoms with E-state index in [0.717, 1.165) is 38.8 Å². The summed E-state index contributed by atoms with van der Waals surface area (Å²) in [7, 11) is 0. The first-order valence-electron chi connectivity index (χ1n) is 7.60. The van der Waals surface area contributed by atoms with E-state index in [9.17, 15) is 4.79 Å². The van der Waals surface area contributed by atoms with Crippen LogP contribution in [0.5, 0.6) is 0 Å². The van der Waals surface area contributed by atoms with Gasteiger partial charge in [0.2, 0.25) is 0 Å². The molecule has 1 saturated heterocycles. The van der Waals surface area contributed by atoms with Gasteiger partial charge in [-0.25, -0.2) is 0 Å². The monoisotopic (exact) mass is 314 g/mol. The van der Waals surface area contributed by atoms with Crippen LogP contribution in [0.2, 0.25) is 0 Å². The summed E-state index contributed by atoms with van der Waals surface area (Å²) >= 11 is 0. The van der Waals surface area contributed by atoms with Crippen molar-refractivity contribution in [3.63, 3.8) is 0 Å². The Balaban J connectivity index is 0.00000220. The number of carbonyl (C=O) groups is 1. The molecule has 2 rings (SSSR count). The molecule has 1 aliphatic heterocycles. The first kappa shape index (κ1) is 18.0. The Morgan fingerprint density at radius 2 is 2.33 bits per heavy atom. The molecule has 0 radical (unpaired) electrons. The van der Waals surface area contributed by atoms with Crippen LogP contribution in [0.25, 0.3) is 0 Å². The van der Waals surface area contributed by atoms with Crippen molar-refractivity contribution in [1.29, 1.82) is 0 Å². The predicted octanol–water partition coefficient (Wildman–Crippen LogP) is 2.54. The number of halogens is 1. The number of rotatable bonds is 5. The molecular formula is C15H27ClN4O. The van der Waals surface area contributed by atoms with Gasteiger partial charge in [0, 0.05) is 18.3 Å². The Bertz CT molecular complexity index is 452. The van der Waals surface area contributed by atoms with Gasteiger partial charge in [-0.05, 0) is 45.7 Å². The van der Waals surface area contributed by atoms with E-state index in [1.54, 1.807) is 0 Å². The molecule has 120 valence electrons. The van der Waals surface area contributed by atoms with E-state index in [-0.39, 0.29) is 23.9 Å². The molecular weight excluding hydrogens is 288 g/mol. The van der Waals surface area contributed by atoms with E-state index < -0.39 is 0 Å². The highest BCUT2D eigenvalue weighted by molar-refractivity contribution is 5.92. The molecule has 5 nitrogen and oxygen atoms in total. The number of carbonyl (C=O) groups excluding carboxylic acids is 1. The van der Waals surface area contributed by atoms with Crippen LogP contribution in [0.15, 0.2) is 12.3 Å². The minimum atomic E-state index is -0.179. The minimum absolute atomic E-state index is 0. The van der Waals surface area contributed by atoms with Gasteiger partial charge in [0.25, 0.3) is 5.91 Å². The molecule has 0 saturated carbocycles. The first-order valence-corrected chi connectivity index (χ1v) is 7.60. The smallest absolute Gasteiger partial charge is 0.272 e. The minimum Gasteiger partial charge on any atom is -0.346 e. The maximum atomic E-state index is 12.2. The van der Waals surface area contributed by atoms with E-state index in [1.165, 1.54) is 0 Å². The van der Waals surface area contributed by atoms with E-state index in [1.807, 2.05) is 16.9 Å². The summed E-state index contributed by atoms with van der Waals surface area (Å²) in [5.41, 5.74) is 0.335. The number of hydrogen-bond donors (Lipinski definition) is 2. The molecule has 0 bridgehead atoms. The fourth-order valence-corrected chi connectivity index (χ4v) is 2.78. The number of nitrogens with zero attached hydrogens (tertiary/aromatic N) is 2. The van der Waals surface area contributed by atoms with Crippen molar-refractivity contribution >= 4 is 18.3 Å². The molecule has 1 aromatic heterocycles. The number of nitrogens with one attached hydrogen (secondary N) is 2. The maximum Gasteiger partial charge on any atom is 0.272 e. The van der Waals surface area contributed by atoms with Crippen molar-refractivity contribution in [2.75, 3.05) is 13.1 Å². The standard InChI is InChI=1S/C15H26N4O.ClH/c1-4-8-15(2,3)17-14(20)13-7-10-19(18-13)12-6-5-9-16-11-12;/h7,10,12,16H,4-6,8-9,11H2,1-3H3,(H,17,20);1H. The van der Waals surface area contributed by atoms with Crippen LogP contribution in [0, 0.1) is 0 Å². The van der Waals surface area contributed by atoms with E-state index in [4.69, 9.17) is 0 Å². The lowest BCUT2D eigenvalue weighted by atomic mass is 9.99. The summed E-state index contributed by atoms with van der Waals surface area (Å²) in [5.74, 6) is -0.0778. The van der Waals surface area contributed by atoms with Crippen LogP contribution in [0.3, 0.4) is 0 Å². The zero-order valence-corrected chi connectivity index (χ0v) is 14.0. The average molecular weight is 315 g/mol. The van der Waals surface area contributed by atoms with Crippen LogP contribution in [-0.2, 0) is 0 Å². The summed E-state index contributed by atoms with van der Waals surface area (Å²) in [4.78, 5) is 12.2. The first-order chi connectivity index (χ1) is 9.52. The Labute approximate surface area is 133 Å². The second-order valence-electron chi connectivity index (χ2n) is 6.27. The number of amides is 1. The molecule has 2 N–H and O–H groups in total. The van der Waals surface area contributed by atoms with Crippen LogP contribution in [-0.4, -0.2) is 34.3 Å². The normalized spacial score (nSPS) is 18.9. The Morgan fingerprint density at radius 1 is 1.57 bits per heavy atom. The molecule has 0 spiro atoms. The van der Waals surface area contributed by atoms with Crippen LogP contribution in [0.4, 0.5) is 0 Å². The molecule has 1 amide bonds. The highest BCUT2D eigenvalue weighted by Crippen LogP contribution is 2.16. The summed E-state index contributed by atoms with van der Waals surface area (Å²) < 4.78 is 1.92. The average Bonchev–Trinajstić information content (AvgIpc) is 2.88. The fourth-order valence-electron chi connectivity index (χ4n) is 2.78. The van der Waals surface area contributed by atoms with Gasteiger partial charge < -0.3 is 10.6 Å². The molecule has 0 aromatic carbocycles. The summed E-state index contributed by atoms with van der Waals surface area (Å²) in [6.45, 7) is 8.24. The third kappa shape index (κ3) is 5.00. The quantitative estimate of drug-likeness (QED) is 0.878. The van der Waals surface area contributed by atoms with Crippen LogP contribution in [0.1, 0.15) is 63.0 Å². The summed E-state index contributed by atoms with van der Waals surface area (Å²) in [5, 5.41) is 10.9. The lowest BCUT2D eigenvalue weighted by molar-refractivity contribution is 0.0902. The molecule has 1 fully saturated rings. The SMILES string of the molecule is CCCC(C)(C)NC(=O)c1ccn(C2CCCNC2)n1.Cl. The van der Waals surface area contributed by atoms with Crippen molar-refractivity contribution in [2.45, 2.75) is 58.0 Å². The molecule has 1 atom stereocenters. The summed E-state index contributed by atoms with van der Waals surface area (Å²) in [6.07, 6.45) is 6.22. The molecule has 1 aromatic rings. The van der Waals surface area contributed by atoms with Gasteiger partial charge in [-0.1, -0.05) is 13.3 Å². The zero-order valence-electron chi connectivity index (χ0n) is 13.2. The lowest BCUT2D eigenvalue weighted by Gasteiger charge is -2.25. The maximum absolute atomic E-state index is 12.2. The predicted molar refractivity (Wildman–Crippen MR) is 87.1 cm³/mol. The van der Waals surface area contributed by atoms with Crippen molar-refractivity contribution in [1.82, 2.24) is 20.4 Å². The zero-order chi connectivity index (χ0) is 14.6. The Hall–Kier alpha value is -1.07. The van der Waals surface area contributed by atoms with Gasteiger partial charge in [-0.2, -0.15) is 5.10 Å². The second-order valence-corrected chi connectivity index (χ2v) is 6.27. The van der Waals surface area contributed by atoms with Crippen LogP contribution >= 0.6 is 12.4 Å². The van der Waals surface area contributed by atoms with E-state index in [2.05, 4.69) is 36.5 Å². The van der Waals surface area contributed by atoms with Crippen LogP contribution < -0.4 is 10.6 Å². The van der Waals surface area contributed by atoms with Crippen molar-refractivity contribution in [3.05, 3.63) is 18.0 Å². The highest BCUT2D eigenvalue weighted by atomic mass is 35.5. The second kappa shape index (κ2) is 7.80. The number of aromatic nitrogens is 2. The molecule has 1 unspecified atom stereocenters. The van der Waals surface area contributed by atoms with E-state index in [0.29, 0.717) is 11.7 Å². The van der Waals surface area contributed by atoms with Crippen molar-refractivity contribution in [3.8, 4) is 0 Å². The molecule has 0 aliphatic carbocycles. The van der Waals surface area contributed by atoms with Gasteiger partial charge in [0.1, 0.15) is 5.69 Å². The molecule has 6 heteroatoms. The van der Waals surface area contributed by atoms with Gasteiger partial charge in [0.15, 0.2) is 0 Å². The topological polar surface area (TPSA) is 59.0 Å². The number of piperidine rings is 1. The van der Waals surface area contributed by atoms with Crippen molar-refractivity contribution in [2.24, 2.45) is 0 Å². The summed E-state index contributed by atoms with van der Waals surface area (Å²) in [6, 6.07) is 2.18. The highest BCUT2D eigenvalue weighted by Gasteiger charge is 2.22. The molecule has 1 aliphatic rings. The largest absolute Gasteiger partial charge is 0.346 e. The lowest BCUT2D eigenvalue weighted by Crippen LogP contribution is -2.43.